The number of methoxy groups -OCH3 is 1. The predicted octanol–water partition coefficient (Wildman–Crippen LogP) is 5.08. The molecule has 3 aromatic carbocycles. The zero-order chi connectivity index (χ0) is 25.2. The van der Waals surface area contributed by atoms with E-state index >= 15 is 0 Å². The third-order valence-electron chi connectivity index (χ3n) is 6.63. The van der Waals surface area contributed by atoms with Crippen LogP contribution in [0.5, 0.6) is 5.75 Å². The minimum Gasteiger partial charge on any atom is -0.497 e. The van der Waals surface area contributed by atoms with Crippen molar-refractivity contribution in [2.24, 2.45) is 0 Å². The summed E-state index contributed by atoms with van der Waals surface area (Å²) in [5.74, 6) is 0.758. The van der Waals surface area contributed by atoms with Crippen molar-refractivity contribution in [3.63, 3.8) is 0 Å². The highest BCUT2D eigenvalue weighted by molar-refractivity contribution is 8.04. The second-order valence-electron chi connectivity index (χ2n) is 9.05. The summed E-state index contributed by atoms with van der Waals surface area (Å²) in [7, 11) is 3.44. The van der Waals surface area contributed by atoms with E-state index in [2.05, 4.69) is 17.0 Å². The van der Waals surface area contributed by atoms with Gasteiger partial charge in [-0.15, -0.1) is 0 Å². The van der Waals surface area contributed by atoms with Crippen LogP contribution in [0, 0.1) is 6.92 Å². The van der Waals surface area contributed by atoms with Gasteiger partial charge < -0.3 is 19.4 Å². The maximum atomic E-state index is 13.3. The summed E-state index contributed by atoms with van der Waals surface area (Å²) >= 11 is 1.45. The molecule has 7 heteroatoms. The number of ether oxygens (including phenoxy) is 1. The summed E-state index contributed by atoms with van der Waals surface area (Å²) in [6, 6.07) is 21.8. The summed E-state index contributed by atoms with van der Waals surface area (Å²) in [6.45, 7) is 4.83. The summed E-state index contributed by atoms with van der Waals surface area (Å²) in [5.41, 5.74) is 4.63. The molecule has 0 bridgehead atoms. The molecule has 5 rings (SSSR count). The normalized spacial score (nSPS) is 16.8. The van der Waals surface area contributed by atoms with Gasteiger partial charge in [0.05, 0.1) is 17.7 Å². The molecule has 0 spiro atoms. The van der Waals surface area contributed by atoms with Gasteiger partial charge in [0.2, 0.25) is 0 Å². The molecule has 0 unspecified atom stereocenters. The second-order valence-corrected chi connectivity index (χ2v) is 10.1. The number of thioether (sulfide) groups is 1. The zero-order valence-electron chi connectivity index (χ0n) is 20.7. The predicted molar refractivity (Wildman–Crippen MR) is 146 cm³/mol. The van der Waals surface area contributed by atoms with Gasteiger partial charge in [-0.05, 0) is 48.9 Å². The fourth-order valence-electron chi connectivity index (χ4n) is 4.60. The van der Waals surface area contributed by atoms with Gasteiger partial charge in [0.15, 0.2) is 0 Å². The summed E-state index contributed by atoms with van der Waals surface area (Å²) in [4.78, 5) is 33.9. The van der Waals surface area contributed by atoms with Crippen LogP contribution in [0.25, 0.3) is 6.08 Å². The molecule has 184 valence electrons. The van der Waals surface area contributed by atoms with Crippen LogP contribution in [0.1, 0.15) is 21.5 Å². The third kappa shape index (κ3) is 4.84. The summed E-state index contributed by atoms with van der Waals surface area (Å²) in [6.07, 6.45) is 1.93. The Hall–Kier alpha value is -3.71. The van der Waals surface area contributed by atoms with E-state index in [1.54, 1.807) is 19.1 Å². The van der Waals surface area contributed by atoms with E-state index in [0.29, 0.717) is 23.6 Å². The lowest BCUT2D eigenvalue weighted by molar-refractivity contribution is -0.114. The Labute approximate surface area is 216 Å². The molecule has 0 aromatic heterocycles. The molecule has 0 aliphatic carbocycles. The molecule has 2 heterocycles. The summed E-state index contributed by atoms with van der Waals surface area (Å²) in [5, 5.41) is 0. The van der Waals surface area contributed by atoms with Crippen molar-refractivity contribution >= 4 is 41.0 Å². The van der Waals surface area contributed by atoms with Crippen LogP contribution < -0.4 is 14.5 Å². The molecule has 2 amide bonds. The molecule has 3 aromatic rings. The second kappa shape index (κ2) is 10.1. The molecular formula is C29H29N3O3S. The largest absolute Gasteiger partial charge is 0.497 e. The standard InChI is InChI=1S/C29H29N3O3S/c1-20-6-4-7-21(16-20)17-27-29(34)30(2)25-18-22(10-11-26(25)36-27)28(33)32-14-12-31(13-15-32)23-8-5-9-24(19-23)35-3/h4-11,16-19H,12-15H2,1-3H3/b27-17+. The summed E-state index contributed by atoms with van der Waals surface area (Å²) < 4.78 is 5.34. The maximum Gasteiger partial charge on any atom is 0.264 e. The molecule has 0 N–H and O–H groups in total. The number of fused-ring (bicyclic) bond motifs is 1. The molecule has 0 saturated carbocycles. The van der Waals surface area contributed by atoms with Gasteiger partial charge >= 0.3 is 0 Å². The lowest BCUT2D eigenvalue weighted by Gasteiger charge is -2.36. The van der Waals surface area contributed by atoms with Crippen LogP contribution in [0.15, 0.2) is 76.5 Å². The van der Waals surface area contributed by atoms with Crippen molar-refractivity contribution in [3.8, 4) is 5.75 Å². The van der Waals surface area contributed by atoms with Gasteiger partial charge in [0.25, 0.3) is 11.8 Å². The Bertz CT molecular complexity index is 1350. The highest BCUT2D eigenvalue weighted by atomic mass is 32.2. The molecule has 1 fully saturated rings. The number of hydrogen-bond donors (Lipinski definition) is 0. The van der Waals surface area contributed by atoms with Gasteiger partial charge in [-0.25, -0.2) is 0 Å². The Morgan fingerprint density at radius 2 is 1.75 bits per heavy atom. The minimum absolute atomic E-state index is 0.00459. The first kappa shape index (κ1) is 24.0. The van der Waals surface area contributed by atoms with Crippen LogP contribution in [-0.4, -0.2) is 57.1 Å². The number of carbonyl (C=O) groups is 2. The number of aryl methyl sites for hydroxylation is 1. The number of anilines is 2. The SMILES string of the molecule is COc1cccc(N2CCN(C(=O)c3ccc4c(c3)N(C)C(=O)/C(=C\c3cccc(C)c3)S4)CC2)c1. The highest BCUT2D eigenvalue weighted by Crippen LogP contribution is 2.42. The smallest absolute Gasteiger partial charge is 0.264 e. The van der Waals surface area contributed by atoms with E-state index in [9.17, 15) is 9.59 Å². The molecular weight excluding hydrogens is 470 g/mol. The molecule has 6 nitrogen and oxygen atoms in total. The van der Waals surface area contributed by atoms with Gasteiger partial charge in [0.1, 0.15) is 5.75 Å². The Kier molecular flexibility index (Phi) is 6.74. The number of hydrogen-bond acceptors (Lipinski definition) is 5. The Balaban J connectivity index is 1.30. The zero-order valence-corrected chi connectivity index (χ0v) is 21.5. The third-order valence-corrected chi connectivity index (χ3v) is 7.71. The number of carbonyl (C=O) groups excluding carboxylic acids is 2. The number of nitrogens with zero attached hydrogens (tertiary/aromatic N) is 3. The van der Waals surface area contributed by atoms with Crippen LogP contribution in [0.4, 0.5) is 11.4 Å². The lowest BCUT2D eigenvalue weighted by Crippen LogP contribution is -2.48. The molecule has 36 heavy (non-hydrogen) atoms. The van der Waals surface area contributed by atoms with Gasteiger partial charge in [-0.3, -0.25) is 9.59 Å². The highest BCUT2D eigenvalue weighted by Gasteiger charge is 2.29. The molecule has 1 saturated heterocycles. The van der Waals surface area contributed by atoms with Crippen molar-refractivity contribution in [2.45, 2.75) is 11.8 Å². The fraction of sp³-hybridized carbons (Fsp3) is 0.241. The van der Waals surface area contributed by atoms with E-state index in [1.807, 2.05) is 72.5 Å². The number of benzene rings is 3. The number of amides is 2. The molecule has 0 atom stereocenters. The van der Waals surface area contributed by atoms with Gasteiger partial charge in [0, 0.05) is 55.4 Å². The van der Waals surface area contributed by atoms with E-state index in [0.717, 1.165) is 46.2 Å². The van der Waals surface area contributed by atoms with E-state index in [1.165, 1.54) is 11.8 Å². The first-order valence-electron chi connectivity index (χ1n) is 12.0. The lowest BCUT2D eigenvalue weighted by atomic mass is 10.1. The van der Waals surface area contributed by atoms with Gasteiger partial charge in [-0.2, -0.15) is 0 Å². The average Bonchev–Trinajstić information content (AvgIpc) is 2.91. The molecule has 0 radical (unpaired) electrons. The first-order valence-corrected chi connectivity index (χ1v) is 12.8. The number of likely N-dealkylation sites (N-methyl/N-ethyl adjacent to an activating group) is 1. The van der Waals surface area contributed by atoms with Crippen LogP contribution in [0.2, 0.25) is 0 Å². The van der Waals surface area contributed by atoms with Crippen LogP contribution in [-0.2, 0) is 4.79 Å². The van der Waals surface area contributed by atoms with Crippen molar-refractivity contribution in [1.82, 2.24) is 4.90 Å². The Morgan fingerprint density at radius 3 is 2.50 bits per heavy atom. The van der Waals surface area contributed by atoms with E-state index < -0.39 is 0 Å². The van der Waals surface area contributed by atoms with E-state index in [4.69, 9.17) is 4.74 Å². The van der Waals surface area contributed by atoms with Crippen molar-refractivity contribution in [3.05, 3.63) is 88.3 Å². The quantitative estimate of drug-likeness (QED) is 0.469. The van der Waals surface area contributed by atoms with Crippen LogP contribution in [0.3, 0.4) is 0 Å². The first-order chi connectivity index (χ1) is 17.4. The van der Waals surface area contributed by atoms with Crippen LogP contribution >= 0.6 is 11.8 Å². The minimum atomic E-state index is -0.0643. The molecule has 2 aliphatic heterocycles. The number of piperazine rings is 1. The average molecular weight is 500 g/mol. The van der Waals surface area contributed by atoms with Crippen molar-refractivity contribution in [1.29, 1.82) is 0 Å². The monoisotopic (exact) mass is 499 g/mol. The topological polar surface area (TPSA) is 53.1 Å². The van der Waals surface area contributed by atoms with Crippen molar-refractivity contribution < 1.29 is 14.3 Å². The van der Waals surface area contributed by atoms with Crippen molar-refractivity contribution in [2.75, 3.05) is 50.1 Å². The van der Waals surface area contributed by atoms with Gasteiger partial charge in [-0.1, -0.05) is 47.7 Å². The van der Waals surface area contributed by atoms with E-state index in [-0.39, 0.29) is 11.8 Å². The Morgan fingerprint density at radius 1 is 0.972 bits per heavy atom. The fourth-order valence-corrected chi connectivity index (χ4v) is 5.69. The maximum absolute atomic E-state index is 13.3. The number of rotatable bonds is 4. The molecule has 2 aliphatic rings.